The lowest BCUT2D eigenvalue weighted by molar-refractivity contribution is -0.151. The van der Waals surface area contributed by atoms with Crippen molar-refractivity contribution in [2.75, 3.05) is 32.7 Å². The van der Waals surface area contributed by atoms with E-state index in [0.29, 0.717) is 26.1 Å². The fourth-order valence-corrected chi connectivity index (χ4v) is 3.72. The van der Waals surface area contributed by atoms with Crippen LogP contribution in [0.3, 0.4) is 0 Å². The summed E-state index contributed by atoms with van der Waals surface area (Å²) in [5.41, 5.74) is -0.634. The van der Waals surface area contributed by atoms with Gasteiger partial charge in [0.25, 0.3) is 0 Å². The molecule has 1 aromatic rings. The molecule has 158 valence electrons. The van der Waals surface area contributed by atoms with Crippen molar-refractivity contribution in [2.24, 2.45) is 0 Å². The number of benzene rings is 1. The number of nitrogens with zero attached hydrogens (tertiary/aromatic N) is 2. The third-order valence-corrected chi connectivity index (χ3v) is 5.16. The van der Waals surface area contributed by atoms with Crippen molar-refractivity contribution in [1.82, 2.24) is 15.1 Å². The molecule has 3 rings (SSSR count). The average Bonchev–Trinajstić information content (AvgIpc) is 3.02. The number of esters is 1. The molecule has 8 nitrogen and oxygen atoms in total. The maximum absolute atomic E-state index is 12.7. The number of amides is 2. The van der Waals surface area contributed by atoms with Crippen LogP contribution >= 0.6 is 0 Å². The molecule has 29 heavy (non-hydrogen) atoms. The first-order valence-corrected chi connectivity index (χ1v) is 9.90. The van der Waals surface area contributed by atoms with E-state index in [2.05, 4.69) is 5.32 Å². The first kappa shape index (κ1) is 21.1. The monoisotopic (exact) mass is 403 g/mol. The number of hydrogen-bond donors (Lipinski definition) is 1. The highest BCUT2D eigenvalue weighted by Crippen LogP contribution is 2.30. The SMILES string of the molecule is CC(C)(C)OC(=O)N1CCN(CC(=O)OCc2ccccc2)C2(CCNC2=O)C1. The van der Waals surface area contributed by atoms with Crippen molar-refractivity contribution in [1.29, 1.82) is 0 Å². The van der Waals surface area contributed by atoms with Crippen LogP contribution < -0.4 is 5.32 Å². The number of rotatable bonds is 4. The average molecular weight is 403 g/mol. The molecule has 2 aliphatic heterocycles. The van der Waals surface area contributed by atoms with Crippen LogP contribution in [-0.4, -0.2) is 71.6 Å². The van der Waals surface area contributed by atoms with Crippen LogP contribution in [-0.2, 0) is 25.7 Å². The minimum absolute atomic E-state index is 0.00239. The number of piperazine rings is 1. The Morgan fingerprint density at radius 2 is 1.90 bits per heavy atom. The highest BCUT2D eigenvalue weighted by molar-refractivity contribution is 5.90. The Labute approximate surface area is 171 Å². The number of hydrogen-bond acceptors (Lipinski definition) is 6. The molecular weight excluding hydrogens is 374 g/mol. The Kier molecular flexibility index (Phi) is 6.12. The Morgan fingerprint density at radius 3 is 2.52 bits per heavy atom. The van der Waals surface area contributed by atoms with Gasteiger partial charge in [0.1, 0.15) is 17.7 Å². The lowest BCUT2D eigenvalue weighted by atomic mass is 9.92. The predicted octanol–water partition coefficient (Wildman–Crippen LogP) is 1.54. The Balaban J connectivity index is 1.65. The smallest absolute Gasteiger partial charge is 0.410 e. The molecule has 2 heterocycles. The summed E-state index contributed by atoms with van der Waals surface area (Å²) in [6, 6.07) is 9.45. The van der Waals surface area contributed by atoms with Crippen LogP contribution in [0.5, 0.6) is 0 Å². The second-order valence-electron chi connectivity index (χ2n) is 8.51. The van der Waals surface area contributed by atoms with Gasteiger partial charge in [-0.15, -0.1) is 0 Å². The Bertz CT molecular complexity index is 761. The summed E-state index contributed by atoms with van der Waals surface area (Å²) in [5.74, 6) is -0.555. The topological polar surface area (TPSA) is 88.2 Å². The van der Waals surface area contributed by atoms with Crippen LogP contribution in [0.2, 0.25) is 0 Å². The summed E-state index contributed by atoms with van der Waals surface area (Å²) >= 11 is 0. The maximum atomic E-state index is 12.7. The number of ether oxygens (including phenoxy) is 2. The van der Waals surface area contributed by atoms with Gasteiger partial charge in [0.05, 0.1) is 13.1 Å². The van der Waals surface area contributed by atoms with Gasteiger partial charge < -0.3 is 19.7 Å². The molecule has 0 radical (unpaired) electrons. The summed E-state index contributed by atoms with van der Waals surface area (Å²) in [6.45, 7) is 7.10. The highest BCUT2D eigenvalue weighted by Gasteiger charge is 2.52. The van der Waals surface area contributed by atoms with Gasteiger partial charge in [0.2, 0.25) is 5.91 Å². The van der Waals surface area contributed by atoms with E-state index < -0.39 is 23.2 Å². The van der Waals surface area contributed by atoms with Gasteiger partial charge >= 0.3 is 12.1 Å². The normalized spacial score (nSPS) is 22.4. The molecule has 0 aromatic heterocycles. The van der Waals surface area contributed by atoms with E-state index in [9.17, 15) is 14.4 Å². The van der Waals surface area contributed by atoms with Crippen molar-refractivity contribution in [3.05, 3.63) is 35.9 Å². The third-order valence-electron chi connectivity index (χ3n) is 5.16. The minimum Gasteiger partial charge on any atom is -0.460 e. The van der Waals surface area contributed by atoms with Crippen molar-refractivity contribution in [3.63, 3.8) is 0 Å². The van der Waals surface area contributed by atoms with E-state index >= 15 is 0 Å². The molecule has 1 atom stereocenters. The maximum Gasteiger partial charge on any atom is 0.410 e. The van der Waals surface area contributed by atoms with Crippen LogP contribution in [0.4, 0.5) is 4.79 Å². The quantitative estimate of drug-likeness (QED) is 0.768. The second-order valence-corrected chi connectivity index (χ2v) is 8.51. The zero-order valence-electron chi connectivity index (χ0n) is 17.3. The van der Waals surface area contributed by atoms with Gasteiger partial charge in [0, 0.05) is 19.6 Å². The van der Waals surface area contributed by atoms with E-state index in [1.165, 1.54) is 0 Å². The number of nitrogens with one attached hydrogen (secondary N) is 1. The standard InChI is InChI=1S/C21H29N3O5/c1-20(2,3)29-19(27)23-11-12-24(21(15-23)9-10-22-18(21)26)13-17(25)28-14-16-7-5-4-6-8-16/h4-8H,9-15H2,1-3H3,(H,22,26). The lowest BCUT2D eigenvalue weighted by Gasteiger charge is -2.46. The minimum atomic E-state index is -0.930. The van der Waals surface area contributed by atoms with Crippen LogP contribution in [0, 0.1) is 0 Å². The molecular formula is C21H29N3O5. The van der Waals surface area contributed by atoms with Crippen LogP contribution in [0.15, 0.2) is 30.3 Å². The lowest BCUT2D eigenvalue weighted by Crippen LogP contribution is -2.67. The van der Waals surface area contributed by atoms with Crippen molar-refractivity contribution in [2.45, 2.75) is 44.9 Å². The van der Waals surface area contributed by atoms with Crippen molar-refractivity contribution >= 4 is 18.0 Å². The van der Waals surface area contributed by atoms with Gasteiger partial charge in [-0.2, -0.15) is 0 Å². The number of carbonyl (C=O) groups is 3. The molecule has 2 fully saturated rings. The largest absolute Gasteiger partial charge is 0.460 e. The summed E-state index contributed by atoms with van der Waals surface area (Å²) in [7, 11) is 0. The molecule has 8 heteroatoms. The fraction of sp³-hybridized carbons (Fsp3) is 0.571. The van der Waals surface area contributed by atoms with Gasteiger partial charge in [-0.3, -0.25) is 14.5 Å². The van der Waals surface area contributed by atoms with Crippen LogP contribution in [0.25, 0.3) is 0 Å². The summed E-state index contributed by atoms with van der Waals surface area (Å²) in [6.07, 6.45) is 0.0831. The predicted molar refractivity (Wildman–Crippen MR) is 106 cm³/mol. The molecule has 2 saturated heterocycles. The van der Waals surface area contributed by atoms with E-state index in [1.807, 2.05) is 56.0 Å². The first-order chi connectivity index (χ1) is 13.7. The van der Waals surface area contributed by atoms with E-state index in [1.54, 1.807) is 4.90 Å². The zero-order chi connectivity index (χ0) is 21.1. The molecule has 1 unspecified atom stereocenters. The molecule has 1 spiro atoms. The summed E-state index contributed by atoms with van der Waals surface area (Å²) in [5, 5.41) is 2.84. The van der Waals surface area contributed by atoms with Gasteiger partial charge in [0.15, 0.2) is 0 Å². The van der Waals surface area contributed by atoms with Gasteiger partial charge in [-0.05, 0) is 32.8 Å². The summed E-state index contributed by atoms with van der Waals surface area (Å²) < 4.78 is 10.9. The van der Waals surface area contributed by atoms with E-state index in [4.69, 9.17) is 9.47 Å². The molecule has 1 aromatic carbocycles. The molecule has 0 saturated carbocycles. The first-order valence-electron chi connectivity index (χ1n) is 9.90. The van der Waals surface area contributed by atoms with E-state index in [0.717, 1.165) is 5.56 Å². The molecule has 2 aliphatic rings. The molecule has 0 aliphatic carbocycles. The van der Waals surface area contributed by atoms with Crippen molar-refractivity contribution < 1.29 is 23.9 Å². The molecule has 1 N–H and O–H groups in total. The molecule has 2 amide bonds. The van der Waals surface area contributed by atoms with E-state index in [-0.39, 0.29) is 25.6 Å². The fourth-order valence-electron chi connectivity index (χ4n) is 3.72. The van der Waals surface area contributed by atoms with Gasteiger partial charge in [-0.25, -0.2) is 4.79 Å². The summed E-state index contributed by atoms with van der Waals surface area (Å²) in [4.78, 5) is 41.0. The number of carbonyl (C=O) groups excluding carboxylic acids is 3. The second kappa shape index (κ2) is 8.41. The van der Waals surface area contributed by atoms with Crippen molar-refractivity contribution in [3.8, 4) is 0 Å². The molecule has 0 bridgehead atoms. The highest BCUT2D eigenvalue weighted by atomic mass is 16.6. The van der Waals surface area contributed by atoms with Gasteiger partial charge in [-0.1, -0.05) is 30.3 Å². The Hall–Kier alpha value is -2.61. The van der Waals surface area contributed by atoms with Crippen LogP contribution in [0.1, 0.15) is 32.8 Å². The Morgan fingerprint density at radius 1 is 1.17 bits per heavy atom. The third kappa shape index (κ3) is 5.06. The zero-order valence-corrected chi connectivity index (χ0v) is 17.3.